The van der Waals surface area contributed by atoms with Gasteiger partial charge < -0.3 is 24.8 Å². The Balaban J connectivity index is 1.64. The van der Waals surface area contributed by atoms with Crippen LogP contribution in [0, 0.1) is 11.6 Å². The Kier molecular flexibility index (Phi) is 9.48. The van der Waals surface area contributed by atoms with E-state index in [0.29, 0.717) is 18.0 Å². The van der Waals surface area contributed by atoms with Gasteiger partial charge in [-0.1, -0.05) is 24.3 Å². The number of ether oxygens (including phenoxy) is 3. The summed E-state index contributed by atoms with van der Waals surface area (Å²) in [4.78, 5) is 12.8. The van der Waals surface area contributed by atoms with Crippen LogP contribution in [0.3, 0.4) is 0 Å². The Morgan fingerprint density at radius 3 is 2.38 bits per heavy atom. The number of hydrogen-bond acceptors (Lipinski definition) is 7. The number of nitrogens with two attached hydrogens (primary N) is 1. The number of hydrogen-bond donors (Lipinski definition) is 2. The zero-order chi connectivity index (χ0) is 30.3. The van der Waals surface area contributed by atoms with Gasteiger partial charge in [0.2, 0.25) is 0 Å². The molecule has 0 saturated heterocycles. The first kappa shape index (κ1) is 30.1. The molecule has 0 aliphatic rings. The number of carbonyl (C=O) groups is 1. The molecule has 9 nitrogen and oxygen atoms in total. The fourth-order valence-corrected chi connectivity index (χ4v) is 5.50. The normalized spacial score (nSPS) is 11.0. The summed E-state index contributed by atoms with van der Waals surface area (Å²) < 4.78 is 73.3. The summed E-state index contributed by atoms with van der Waals surface area (Å²) in [6, 6.07) is 21.0. The van der Waals surface area contributed by atoms with Crippen molar-refractivity contribution in [2.24, 2.45) is 5.73 Å². The van der Waals surface area contributed by atoms with Crippen LogP contribution in [0.5, 0.6) is 11.5 Å². The van der Waals surface area contributed by atoms with Crippen molar-refractivity contribution < 1.29 is 36.2 Å². The first-order chi connectivity index (χ1) is 20.1. The second-order valence-electron chi connectivity index (χ2n) is 9.08. The van der Waals surface area contributed by atoms with Gasteiger partial charge in [0.05, 0.1) is 26.5 Å². The predicted molar refractivity (Wildman–Crippen MR) is 155 cm³/mol. The number of nitrogens with one attached hydrogen (secondary N) is 1. The van der Waals surface area contributed by atoms with Crippen LogP contribution in [-0.4, -0.2) is 41.9 Å². The lowest BCUT2D eigenvalue weighted by atomic mass is 10.0. The Morgan fingerprint density at radius 2 is 1.69 bits per heavy atom. The van der Waals surface area contributed by atoms with E-state index in [4.69, 9.17) is 19.9 Å². The molecular weight excluding hydrogens is 568 g/mol. The van der Waals surface area contributed by atoms with Gasteiger partial charge in [-0.05, 0) is 71.8 Å². The second-order valence-corrected chi connectivity index (χ2v) is 10.7. The summed E-state index contributed by atoms with van der Waals surface area (Å²) in [6.45, 7) is 0.666. The van der Waals surface area contributed by atoms with E-state index in [9.17, 15) is 22.0 Å². The molecule has 220 valence electrons. The standard InChI is InChI=1S/C30H29F2N3O6S/c1-39-25-10-6-20(7-11-25)19-35(14-15-41-30(33)36)24-5-3-4-23(18-24)34-42(37,38)29-16-21(8-13-28(29)40-2)26-17-22(31)9-12-27(26)32/h3-13,16-18,34H,14-15,19H2,1-2H3,(H2,33,36). The van der Waals surface area contributed by atoms with E-state index in [1.54, 1.807) is 31.4 Å². The molecule has 0 aliphatic carbocycles. The third-order valence-electron chi connectivity index (χ3n) is 6.29. The van der Waals surface area contributed by atoms with Crippen LogP contribution < -0.4 is 24.8 Å². The molecule has 0 aromatic heterocycles. The summed E-state index contributed by atoms with van der Waals surface area (Å²) in [5, 5.41) is 0. The molecule has 0 aliphatic heterocycles. The number of sulfonamides is 1. The molecule has 0 fully saturated rings. The van der Waals surface area contributed by atoms with Crippen LogP contribution in [0.1, 0.15) is 5.56 Å². The van der Waals surface area contributed by atoms with Crippen molar-refractivity contribution in [2.75, 3.05) is 37.0 Å². The molecule has 42 heavy (non-hydrogen) atoms. The average molecular weight is 598 g/mol. The quantitative estimate of drug-likeness (QED) is 0.220. The molecule has 4 aromatic rings. The zero-order valence-corrected chi connectivity index (χ0v) is 23.7. The van der Waals surface area contributed by atoms with Crippen molar-refractivity contribution >= 4 is 27.5 Å². The molecule has 0 bridgehead atoms. The van der Waals surface area contributed by atoms with Gasteiger partial charge in [-0.15, -0.1) is 0 Å². The van der Waals surface area contributed by atoms with Gasteiger partial charge in [0.25, 0.3) is 10.0 Å². The number of rotatable bonds is 12. The number of primary amides is 1. The summed E-state index contributed by atoms with van der Waals surface area (Å²) in [5.74, 6) is -0.660. The highest BCUT2D eigenvalue weighted by molar-refractivity contribution is 7.92. The maximum Gasteiger partial charge on any atom is 0.404 e. The van der Waals surface area contributed by atoms with Gasteiger partial charge in [0.1, 0.15) is 34.6 Å². The first-order valence-corrected chi connectivity index (χ1v) is 14.1. The highest BCUT2D eigenvalue weighted by atomic mass is 32.2. The third-order valence-corrected chi connectivity index (χ3v) is 7.70. The minimum absolute atomic E-state index is 0.00206. The number of carbonyl (C=O) groups excluding carboxylic acids is 1. The number of nitrogens with zero attached hydrogens (tertiary/aromatic N) is 1. The number of benzene rings is 4. The monoisotopic (exact) mass is 597 g/mol. The zero-order valence-electron chi connectivity index (χ0n) is 22.8. The van der Waals surface area contributed by atoms with Crippen molar-refractivity contribution in [1.29, 1.82) is 0 Å². The van der Waals surface area contributed by atoms with Crippen LogP contribution in [0.25, 0.3) is 11.1 Å². The minimum atomic E-state index is -4.26. The van der Waals surface area contributed by atoms with E-state index in [1.165, 1.54) is 25.3 Å². The number of anilines is 2. The van der Waals surface area contributed by atoms with E-state index in [0.717, 1.165) is 23.8 Å². The lowest BCUT2D eigenvalue weighted by molar-refractivity contribution is 0.159. The number of halogens is 2. The van der Waals surface area contributed by atoms with Gasteiger partial charge in [-0.2, -0.15) is 0 Å². The molecule has 12 heteroatoms. The van der Waals surface area contributed by atoms with Crippen molar-refractivity contribution in [3.05, 3.63) is 102 Å². The van der Waals surface area contributed by atoms with Crippen LogP contribution in [0.2, 0.25) is 0 Å². The molecule has 4 rings (SSSR count). The molecule has 0 saturated carbocycles. The van der Waals surface area contributed by atoms with Crippen LogP contribution in [-0.2, 0) is 21.3 Å². The molecule has 4 aromatic carbocycles. The van der Waals surface area contributed by atoms with E-state index in [1.807, 2.05) is 29.2 Å². The van der Waals surface area contributed by atoms with Crippen molar-refractivity contribution in [1.82, 2.24) is 0 Å². The maximum atomic E-state index is 14.5. The third kappa shape index (κ3) is 7.46. The summed E-state index contributed by atoms with van der Waals surface area (Å²) >= 11 is 0. The summed E-state index contributed by atoms with van der Waals surface area (Å²) in [5.41, 5.74) is 6.96. The SMILES string of the molecule is COc1ccc(CN(CCOC(N)=O)c2cccc(NS(=O)(=O)c3cc(-c4cc(F)ccc4F)ccc3OC)c2)cc1. The van der Waals surface area contributed by atoms with Crippen molar-refractivity contribution in [3.8, 4) is 22.6 Å². The van der Waals surface area contributed by atoms with Crippen molar-refractivity contribution in [3.63, 3.8) is 0 Å². The Bertz CT molecular complexity index is 1670. The van der Waals surface area contributed by atoms with Crippen LogP contribution in [0.15, 0.2) is 89.8 Å². The molecule has 0 unspecified atom stereocenters. The van der Waals surface area contributed by atoms with Gasteiger partial charge in [0, 0.05) is 17.8 Å². The van der Waals surface area contributed by atoms with Gasteiger partial charge in [-0.3, -0.25) is 4.72 Å². The topological polar surface area (TPSA) is 120 Å². The number of methoxy groups -OCH3 is 2. The fourth-order valence-electron chi connectivity index (χ4n) is 4.26. The number of amides is 1. The van der Waals surface area contributed by atoms with E-state index >= 15 is 0 Å². The summed E-state index contributed by atoms with van der Waals surface area (Å²) in [6.07, 6.45) is -0.907. The highest BCUT2D eigenvalue weighted by Gasteiger charge is 2.22. The average Bonchev–Trinajstić information content (AvgIpc) is 2.97. The molecule has 3 N–H and O–H groups in total. The maximum absolute atomic E-state index is 14.5. The minimum Gasteiger partial charge on any atom is -0.497 e. The van der Waals surface area contributed by atoms with E-state index in [-0.39, 0.29) is 40.6 Å². The summed E-state index contributed by atoms with van der Waals surface area (Å²) in [7, 11) is -1.38. The predicted octanol–water partition coefficient (Wildman–Crippen LogP) is 5.55. The van der Waals surface area contributed by atoms with Crippen LogP contribution >= 0.6 is 0 Å². The largest absolute Gasteiger partial charge is 0.497 e. The lowest BCUT2D eigenvalue weighted by Crippen LogP contribution is -2.29. The van der Waals surface area contributed by atoms with Crippen molar-refractivity contribution in [2.45, 2.75) is 11.4 Å². The van der Waals surface area contributed by atoms with Gasteiger partial charge >= 0.3 is 6.09 Å². The molecule has 0 atom stereocenters. The lowest BCUT2D eigenvalue weighted by Gasteiger charge is -2.25. The second kappa shape index (κ2) is 13.2. The Morgan fingerprint density at radius 1 is 0.929 bits per heavy atom. The molecular formula is C30H29F2N3O6S. The Hall–Kier alpha value is -4.84. The van der Waals surface area contributed by atoms with Gasteiger partial charge in [-0.25, -0.2) is 22.0 Å². The Labute approximate surface area is 242 Å². The molecule has 0 spiro atoms. The fraction of sp³-hybridized carbons (Fsp3) is 0.167. The van der Waals surface area contributed by atoms with E-state index in [2.05, 4.69) is 4.72 Å². The smallest absolute Gasteiger partial charge is 0.404 e. The molecule has 0 heterocycles. The molecule has 1 amide bonds. The highest BCUT2D eigenvalue weighted by Crippen LogP contribution is 2.33. The van der Waals surface area contributed by atoms with E-state index < -0.39 is 27.8 Å². The first-order valence-electron chi connectivity index (χ1n) is 12.7. The van der Waals surface area contributed by atoms with Gasteiger partial charge in [0.15, 0.2) is 0 Å². The van der Waals surface area contributed by atoms with Crippen LogP contribution in [0.4, 0.5) is 25.0 Å². The molecule has 0 radical (unpaired) electrons.